The third-order valence-corrected chi connectivity index (χ3v) is 1.96. The summed E-state index contributed by atoms with van der Waals surface area (Å²) in [5, 5.41) is 10.2. The Morgan fingerprint density at radius 2 is 1.93 bits per heavy atom. The first kappa shape index (κ1) is 8.69. The maximum Gasteiger partial charge on any atom is 0.105 e. The van der Waals surface area contributed by atoms with Gasteiger partial charge in [-0.15, -0.1) is 0 Å². The van der Waals surface area contributed by atoms with Crippen LogP contribution in [0.2, 0.25) is 0 Å². The van der Waals surface area contributed by atoms with Gasteiger partial charge >= 0.3 is 0 Å². The fourth-order valence-electron chi connectivity index (χ4n) is 1.15. The summed E-state index contributed by atoms with van der Waals surface area (Å²) in [5.41, 5.74) is 3.27. The Labute approximate surface area is 82.5 Å². The van der Waals surface area contributed by atoms with Crippen molar-refractivity contribution in [2.24, 2.45) is 0 Å². The molecule has 0 radical (unpaired) electrons. The molecule has 0 fully saturated rings. The first-order valence-electron chi connectivity index (χ1n) is 4.45. The van der Waals surface area contributed by atoms with E-state index in [1.165, 1.54) is 11.1 Å². The van der Waals surface area contributed by atoms with E-state index in [1.54, 1.807) is 6.20 Å². The molecule has 0 atom stereocenters. The molecule has 1 N–H and O–H groups in total. The summed E-state index contributed by atoms with van der Waals surface area (Å²) in [6.45, 7) is 2.07. The second-order valence-corrected chi connectivity index (χ2v) is 3.14. The fraction of sp³-hybridized carbons (Fsp3) is 0.0909. The smallest absolute Gasteiger partial charge is 0.105 e. The van der Waals surface area contributed by atoms with Gasteiger partial charge in [-0.05, 0) is 18.6 Å². The van der Waals surface area contributed by atoms with Gasteiger partial charge in [-0.3, -0.25) is 0 Å². The summed E-state index contributed by atoms with van der Waals surface area (Å²) in [4.78, 5) is 0. The van der Waals surface area contributed by atoms with Gasteiger partial charge in [0.25, 0.3) is 0 Å². The number of nitrogens with one attached hydrogen (secondary N) is 1. The van der Waals surface area contributed by atoms with Crippen LogP contribution in [0.5, 0.6) is 0 Å². The molecule has 2 aromatic rings. The maximum atomic E-state index is 3.93. The molecular formula is C11H11N3. The van der Waals surface area contributed by atoms with Crippen LogP contribution in [0.4, 0.5) is 0 Å². The highest BCUT2D eigenvalue weighted by Gasteiger charge is 1.89. The molecule has 3 nitrogen and oxygen atoms in total. The highest BCUT2D eigenvalue weighted by Crippen LogP contribution is 2.06. The number of hydrogen-bond donors (Lipinski definition) is 1. The number of benzene rings is 1. The lowest BCUT2D eigenvalue weighted by atomic mass is 10.1. The average Bonchev–Trinajstić information content (AvgIpc) is 2.70. The van der Waals surface area contributed by atoms with Crippen LogP contribution in [-0.2, 0) is 0 Å². The van der Waals surface area contributed by atoms with Crippen molar-refractivity contribution in [2.45, 2.75) is 6.92 Å². The predicted molar refractivity (Wildman–Crippen MR) is 56.5 cm³/mol. The molecule has 3 heteroatoms. The molecule has 0 unspecified atom stereocenters. The molecule has 14 heavy (non-hydrogen) atoms. The van der Waals surface area contributed by atoms with E-state index in [0.717, 1.165) is 5.69 Å². The molecule has 0 bridgehead atoms. The van der Waals surface area contributed by atoms with Gasteiger partial charge in [0, 0.05) is 0 Å². The Kier molecular flexibility index (Phi) is 2.40. The van der Waals surface area contributed by atoms with Crippen LogP contribution < -0.4 is 0 Å². The second-order valence-electron chi connectivity index (χ2n) is 3.14. The van der Waals surface area contributed by atoms with Crippen molar-refractivity contribution in [3.05, 3.63) is 47.3 Å². The monoisotopic (exact) mass is 185 g/mol. The Morgan fingerprint density at radius 3 is 2.57 bits per heavy atom. The number of rotatable bonds is 2. The number of aromatic nitrogens is 3. The Bertz CT molecular complexity index is 412. The van der Waals surface area contributed by atoms with Gasteiger partial charge in [0.1, 0.15) is 5.69 Å². The van der Waals surface area contributed by atoms with Crippen LogP contribution in [0, 0.1) is 6.92 Å². The van der Waals surface area contributed by atoms with E-state index in [9.17, 15) is 0 Å². The number of hydrogen-bond acceptors (Lipinski definition) is 2. The lowest BCUT2D eigenvalue weighted by Gasteiger charge is -1.93. The maximum absolute atomic E-state index is 3.93. The molecule has 0 aliphatic carbocycles. The summed E-state index contributed by atoms with van der Waals surface area (Å²) < 4.78 is 0. The molecular weight excluding hydrogens is 174 g/mol. The van der Waals surface area contributed by atoms with Gasteiger partial charge in [-0.25, -0.2) is 0 Å². The van der Waals surface area contributed by atoms with E-state index in [2.05, 4.69) is 46.6 Å². The van der Waals surface area contributed by atoms with Crippen molar-refractivity contribution in [3.63, 3.8) is 0 Å². The van der Waals surface area contributed by atoms with Gasteiger partial charge in [-0.1, -0.05) is 35.9 Å². The first-order chi connectivity index (χ1) is 6.84. The highest BCUT2D eigenvalue weighted by atomic mass is 15.3. The predicted octanol–water partition coefficient (Wildman–Crippen LogP) is 2.28. The van der Waals surface area contributed by atoms with Gasteiger partial charge < -0.3 is 0 Å². The minimum absolute atomic E-state index is 0.838. The molecule has 0 saturated heterocycles. The van der Waals surface area contributed by atoms with Gasteiger partial charge in [0.2, 0.25) is 0 Å². The minimum atomic E-state index is 0.838. The third-order valence-electron chi connectivity index (χ3n) is 1.96. The van der Waals surface area contributed by atoms with E-state index in [4.69, 9.17) is 0 Å². The third kappa shape index (κ3) is 2.07. The number of nitrogens with zero attached hydrogens (tertiary/aromatic N) is 2. The molecule has 1 aromatic carbocycles. The Hall–Kier alpha value is -1.90. The largest absolute Gasteiger partial charge is 0.197 e. The first-order valence-corrected chi connectivity index (χ1v) is 4.45. The van der Waals surface area contributed by atoms with E-state index in [-0.39, 0.29) is 0 Å². The van der Waals surface area contributed by atoms with Crippen LogP contribution in [0.15, 0.2) is 30.5 Å². The van der Waals surface area contributed by atoms with Crippen LogP contribution in [0.25, 0.3) is 12.2 Å². The molecule has 70 valence electrons. The van der Waals surface area contributed by atoms with Crippen LogP contribution in [0.1, 0.15) is 16.8 Å². The van der Waals surface area contributed by atoms with Crippen molar-refractivity contribution < 1.29 is 0 Å². The molecule has 0 aliphatic rings. The van der Waals surface area contributed by atoms with Crippen LogP contribution in [0.3, 0.4) is 0 Å². The van der Waals surface area contributed by atoms with Gasteiger partial charge in [-0.2, -0.15) is 15.4 Å². The molecule has 1 aromatic heterocycles. The van der Waals surface area contributed by atoms with Gasteiger partial charge in [0.15, 0.2) is 0 Å². The molecule has 2 rings (SSSR count). The number of aromatic amines is 1. The van der Waals surface area contributed by atoms with E-state index < -0.39 is 0 Å². The Morgan fingerprint density at radius 1 is 1.14 bits per heavy atom. The SMILES string of the molecule is Cc1ccc(C=Cc2cn[nH]n2)cc1. The zero-order chi connectivity index (χ0) is 9.80. The van der Waals surface area contributed by atoms with Crippen molar-refractivity contribution >= 4 is 12.2 Å². The molecule has 0 saturated carbocycles. The lowest BCUT2D eigenvalue weighted by molar-refractivity contribution is 0.937. The summed E-state index contributed by atoms with van der Waals surface area (Å²) in [5.74, 6) is 0. The summed E-state index contributed by atoms with van der Waals surface area (Å²) in [6.07, 6.45) is 5.62. The summed E-state index contributed by atoms with van der Waals surface area (Å²) in [6, 6.07) is 8.32. The van der Waals surface area contributed by atoms with E-state index >= 15 is 0 Å². The lowest BCUT2D eigenvalue weighted by Crippen LogP contribution is -1.74. The van der Waals surface area contributed by atoms with E-state index in [1.807, 2.05) is 12.2 Å². The normalized spacial score (nSPS) is 10.9. The molecule has 0 amide bonds. The average molecular weight is 185 g/mol. The molecule has 0 aliphatic heterocycles. The van der Waals surface area contributed by atoms with Crippen LogP contribution in [-0.4, -0.2) is 15.4 Å². The zero-order valence-corrected chi connectivity index (χ0v) is 7.94. The minimum Gasteiger partial charge on any atom is -0.197 e. The van der Waals surface area contributed by atoms with E-state index in [0.29, 0.717) is 0 Å². The summed E-state index contributed by atoms with van der Waals surface area (Å²) in [7, 11) is 0. The van der Waals surface area contributed by atoms with Crippen molar-refractivity contribution in [1.82, 2.24) is 15.4 Å². The highest BCUT2D eigenvalue weighted by molar-refractivity contribution is 5.67. The van der Waals surface area contributed by atoms with Crippen LogP contribution >= 0.6 is 0 Å². The Balaban J connectivity index is 2.15. The standard InChI is InChI=1S/C11H11N3/c1-9-2-4-10(5-3-9)6-7-11-8-12-14-13-11/h2-8H,1H3,(H,12,13,14). The molecule has 0 spiro atoms. The number of H-pyrrole nitrogens is 1. The molecule has 1 heterocycles. The van der Waals surface area contributed by atoms with Crippen molar-refractivity contribution in [1.29, 1.82) is 0 Å². The zero-order valence-electron chi connectivity index (χ0n) is 7.94. The van der Waals surface area contributed by atoms with Gasteiger partial charge in [0.05, 0.1) is 6.20 Å². The topological polar surface area (TPSA) is 41.6 Å². The fourth-order valence-corrected chi connectivity index (χ4v) is 1.15. The number of aryl methyl sites for hydroxylation is 1. The van der Waals surface area contributed by atoms with Crippen molar-refractivity contribution in [3.8, 4) is 0 Å². The quantitative estimate of drug-likeness (QED) is 0.779. The second kappa shape index (κ2) is 3.87. The van der Waals surface area contributed by atoms with Crippen molar-refractivity contribution in [2.75, 3.05) is 0 Å². The summed E-state index contributed by atoms with van der Waals surface area (Å²) >= 11 is 0.